The van der Waals surface area contributed by atoms with E-state index in [0.29, 0.717) is 4.57 Å². The molecular weight excluding hydrogens is 289 g/mol. The van der Waals surface area contributed by atoms with Crippen molar-refractivity contribution in [2.75, 3.05) is 0 Å². The van der Waals surface area contributed by atoms with E-state index in [1.165, 1.54) is 12.1 Å². The van der Waals surface area contributed by atoms with Crippen molar-refractivity contribution in [3.63, 3.8) is 0 Å². The molecule has 72 valence electrons. The Labute approximate surface area is 129 Å². The van der Waals surface area contributed by atoms with Gasteiger partial charge in [0.1, 0.15) is 0 Å². The third-order valence-electron chi connectivity index (χ3n) is 1.38. The quantitative estimate of drug-likeness (QED) is 0.642. The number of hydrogen-bond donors (Lipinski definition) is 0. The van der Waals surface area contributed by atoms with E-state index < -0.39 is 19.0 Å². The van der Waals surface area contributed by atoms with Gasteiger partial charge in [-0.25, -0.2) is 0 Å². The van der Waals surface area contributed by atoms with Gasteiger partial charge in [0, 0.05) is 6.20 Å². The molecule has 1 aromatic rings. The van der Waals surface area contributed by atoms with Crippen LogP contribution in [0.15, 0.2) is 27.6 Å². The molecule has 0 atom stereocenters. The van der Waals surface area contributed by atoms with E-state index in [9.17, 15) is 17.7 Å². The number of aromatic nitrogens is 1. The first kappa shape index (κ1) is 14.9. The fourth-order valence-corrected chi connectivity index (χ4v) is 1.25. The molecule has 0 aliphatic carbocycles. The Kier molecular flexibility index (Phi) is 6.24. The summed E-state index contributed by atoms with van der Waals surface area (Å²) in [5.41, 5.74) is -0.665. The van der Waals surface area contributed by atoms with Gasteiger partial charge < -0.3 is 17.5 Å². The molecule has 1 aromatic heterocycles. The molecule has 0 unspecified atom stereocenters. The van der Waals surface area contributed by atoms with E-state index in [-0.39, 0.29) is 55.9 Å². The molecule has 0 radical (unpaired) electrons. The van der Waals surface area contributed by atoms with Gasteiger partial charge in [0.05, 0.1) is 4.47 Å². The van der Waals surface area contributed by atoms with Crippen molar-refractivity contribution < 1.29 is 64.3 Å². The molecule has 0 fully saturated rings. The molecule has 8 heteroatoms. The van der Waals surface area contributed by atoms with E-state index in [1.807, 2.05) is 0 Å². The van der Waals surface area contributed by atoms with Crippen molar-refractivity contribution in [2.45, 2.75) is 6.44 Å². The minimum Gasteiger partial charge on any atom is -0.448 e. The van der Waals surface area contributed by atoms with Gasteiger partial charge in [0.15, 0.2) is 0 Å². The summed E-state index contributed by atoms with van der Waals surface area (Å²) in [6.45, 7) is -4.97. The first-order valence-corrected chi connectivity index (χ1v) is 4.25. The Morgan fingerprint density at radius 2 is 2.00 bits per heavy atom. The van der Waals surface area contributed by atoms with Crippen LogP contribution < -0.4 is 56.9 Å². The summed E-state index contributed by atoms with van der Waals surface area (Å²) in [5.74, 6) is 0. The first-order chi connectivity index (χ1) is 5.90. The average molecular weight is 294 g/mol. The summed E-state index contributed by atoms with van der Waals surface area (Å²) in [5, 5.41) is 0. The van der Waals surface area contributed by atoms with Crippen molar-refractivity contribution in [3.05, 3.63) is 33.2 Å². The molecule has 2 nitrogen and oxygen atoms in total. The summed E-state index contributed by atoms with van der Waals surface area (Å²) in [7, 11) is 0. The van der Waals surface area contributed by atoms with Gasteiger partial charge in [-0.15, -0.1) is 0 Å². The smallest absolute Gasteiger partial charge is 0.448 e. The number of nitrogens with zero attached hydrogens (tertiary/aromatic N) is 1. The van der Waals surface area contributed by atoms with Gasteiger partial charge >= 0.3 is 58.4 Å². The Morgan fingerprint density at radius 1 is 1.43 bits per heavy atom. The number of halogens is 4. The molecule has 0 saturated carbocycles. The van der Waals surface area contributed by atoms with E-state index in [4.69, 9.17) is 0 Å². The van der Waals surface area contributed by atoms with Crippen LogP contribution in [0.2, 0.25) is 0 Å². The van der Waals surface area contributed by atoms with Crippen LogP contribution in [0, 0.1) is 0 Å². The van der Waals surface area contributed by atoms with E-state index in [1.54, 1.807) is 0 Å². The second-order valence-electron chi connectivity index (χ2n) is 2.52. The van der Waals surface area contributed by atoms with Crippen LogP contribution in [0.1, 0.15) is 0 Å². The second-order valence-corrected chi connectivity index (χ2v) is 3.38. The summed E-state index contributed by atoms with van der Waals surface area (Å²) in [6.07, 6.45) is -0.0827. The topological polar surface area (TPSA) is 22.0 Å². The minimum atomic E-state index is -4.97. The van der Waals surface area contributed by atoms with Crippen LogP contribution in [0.4, 0.5) is 12.9 Å². The van der Waals surface area contributed by atoms with Gasteiger partial charge in [-0.05, 0) is 34.5 Å². The van der Waals surface area contributed by atoms with Crippen molar-refractivity contribution in [1.82, 2.24) is 4.57 Å². The summed E-state index contributed by atoms with van der Waals surface area (Å²) in [4.78, 5) is 11.1. The van der Waals surface area contributed by atoms with Crippen LogP contribution in [0.5, 0.6) is 0 Å². The summed E-state index contributed by atoms with van der Waals surface area (Å²) < 4.78 is 36.6. The molecule has 0 amide bonds. The van der Waals surface area contributed by atoms with Gasteiger partial charge in [0.2, 0.25) is 0 Å². The van der Waals surface area contributed by atoms with Crippen molar-refractivity contribution in [3.8, 4) is 0 Å². The standard InChI is InChI=1S/C6H5BBrF3NO.K/c8-5-2-1-3-12(6(5)13)4-7(9,10)11;/h1-3H,4H2;/q-1;+1. The third-order valence-corrected chi connectivity index (χ3v) is 1.98. The second kappa shape index (κ2) is 5.86. The Bertz CT molecular complexity index is 367. The maximum Gasteiger partial charge on any atom is 1.00 e. The first-order valence-electron chi connectivity index (χ1n) is 3.46. The Morgan fingerprint density at radius 3 is 2.50 bits per heavy atom. The van der Waals surface area contributed by atoms with Crippen LogP contribution >= 0.6 is 15.9 Å². The zero-order valence-corrected chi connectivity index (χ0v) is 12.1. The van der Waals surface area contributed by atoms with E-state index in [0.717, 1.165) is 6.20 Å². The molecule has 0 aliphatic rings. The molecule has 1 rings (SSSR count). The van der Waals surface area contributed by atoms with Crippen molar-refractivity contribution in [2.24, 2.45) is 0 Å². The number of rotatable bonds is 2. The Hall–Kier alpha value is 0.921. The molecular formula is C6H5BBrF3KNO. The van der Waals surface area contributed by atoms with E-state index in [2.05, 4.69) is 15.9 Å². The predicted molar refractivity (Wildman–Crippen MR) is 47.5 cm³/mol. The normalized spacial score (nSPS) is 10.9. The maximum atomic E-state index is 11.9. The van der Waals surface area contributed by atoms with Gasteiger partial charge in [-0.3, -0.25) is 4.79 Å². The monoisotopic (exact) mass is 293 g/mol. The molecule has 14 heavy (non-hydrogen) atoms. The fraction of sp³-hybridized carbons (Fsp3) is 0.167. The number of hydrogen-bond acceptors (Lipinski definition) is 1. The fourth-order valence-electron chi connectivity index (χ4n) is 0.874. The summed E-state index contributed by atoms with van der Waals surface area (Å²) in [6, 6.07) is 2.79. The molecule has 1 heterocycles. The molecule has 0 bridgehead atoms. The minimum absolute atomic E-state index is 0. The molecule has 0 aliphatic heterocycles. The number of pyridine rings is 1. The third kappa shape index (κ3) is 4.63. The van der Waals surface area contributed by atoms with Crippen LogP contribution in [0.25, 0.3) is 0 Å². The molecule has 0 saturated heterocycles. The Balaban J connectivity index is 0.00000169. The predicted octanol–water partition coefficient (Wildman–Crippen LogP) is -0.999. The van der Waals surface area contributed by atoms with Crippen molar-refractivity contribution >= 4 is 22.9 Å². The van der Waals surface area contributed by atoms with Crippen LogP contribution in [-0.4, -0.2) is 11.5 Å². The molecule has 0 aromatic carbocycles. The molecule has 0 spiro atoms. The van der Waals surface area contributed by atoms with E-state index >= 15 is 0 Å². The zero-order chi connectivity index (χ0) is 10.1. The van der Waals surface area contributed by atoms with Crippen molar-refractivity contribution in [1.29, 1.82) is 0 Å². The van der Waals surface area contributed by atoms with Gasteiger partial charge in [-0.1, -0.05) is 0 Å². The SMILES string of the molecule is O=c1c(Br)cccn1C[B-](F)(F)F.[K+]. The van der Waals surface area contributed by atoms with Crippen LogP contribution in [0.3, 0.4) is 0 Å². The van der Waals surface area contributed by atoms with Crippen LogP contribution in [-0.2, 0) is 6.44 Å². The maximum absolute atomic E-state index is 11.9. The summed E-state index contributed by atoms with van der Waals surface area (Å²) >= 11 is 2.86. The average Bonchev–Trinajstić information content (AvgIpc) is 1.96. The molecule has 0 N–H and O–H groups in total. The van der Waals surface area contributed by atoms with Gasteiger partial charge in [-0.2, -0.15) is 0 Å². The largest absolute Gasteiger partial charge is 1.00 e. The van der Waals surface area contributed by atoms with Gasteiger partial charge in [0.25, 0.3) is 5.56 Å². The zero-order valence-electron chi connectivity index (χ0n) is 7.38.